The van der Waals surface area contributed by atoms with Crippen molar-refractivity contribution in [3.05, 3.63) is 0 Å². The van der Waals surface area contributed by atoms with Gasteiger partial charge in [0.25, 0.3) is 0 Å². The van der Waals surface area contributed by atoms with Crippen LogP contribution in [0.2, 0.25) is 0 Å². The lowest BCUT2D eigenvalue weighted by Gasteiger charge is -2.17. The fourth-order valence-electron chi connectivity index (χ4n) is 1.12. The van der Waals surface area contributed by atoms with E-state index in [0.717, 1.165) is 19.4 Å². The van der Waals surface area contributed by atoms with E-state index in [1.54, 1.807) is 11.9 Å². The number of hydrogen-bond acceptors (Lipinski definition) is 2. The smallest absolute Gasteiger partial charge is 0.315 e. The zero-order valence-corrected chi connectivity index (χ0v) is 10.7. The summed E-state index contributed by atoms with van der Waals surface area (Å²) in [5, 5.41) is 5.19. The molecule has 0 saturated carbocycles. The topological polar surface area (TPSA) is 61.4 Å². The molecule has 0 aliphatic heterocycles. The molecule has 0 aromatic carbocycles. The molecule has 0 aromatic heterocycles. The Morgan fingerprint density at radius 3 is 2.44 bits per heavy atom. The maximum Gasteiger partial charge on any atom is 0.315 e. The van der Waals surface area contributed by atoms with Crippen molar-refractivity contribution in [3.8, 4) is 0 Å². The van der Waals surface area contributed by atoms with Gasteiger partial charge in [-0.3, -0.25) is 4.79 Å². The Morgan fingerprint density at radius 1 is 1.31 bits per heavy atom. The highest BCUT2D eigenvalue weighted by Gasteiger charge is 2.09. The highest BCUT2D eigenvalue weighted by atomic mass is 16.2. The molecule has 3 amide bonds. The predicted octanol–water partition coefficient (Wildman–Crippen LogP) is 0.953. The van der Waals surface area contributed by atoms with Gasteiger partial charge in [-0.25, -0.2) is 4.79 Å². The van der Waals surface area contributed by atoms with Crippen LogP contribution >= 0.6 is 0 Å². The van der Waals surface area contributed by atoms with Crippen LogP contribution in [0.15, 0.2) is 0 Å². The molecule has 0 rings (SSSR count). The van der Waals surface area contributed by atoms with E-state index in [-0.39, 0.29) is 24.5 Å². The summed E-state index contributed by atoms with van der Waals surface area (Å²) in [5.74, 6) is -0.0626. The number of unbranched alkanes of at least 4 members (excludes halogenated alkanes) is 1. The summed E-state index contributed by atoms with van der Waals surface area (Å²) in [5.41, 5.74) is 0. The maximum absolute atomic E-state index is 11.5. The van der Waals surface area contributed by atoms with Gasteiger partial charge in [0.15, 0.2) is 0 Å². The third kappa shape index (κ3) is 7.09. The summed E-state index contributed by atoms with van der Waals surface area (Å²) >= 11 is 0. The van der Waals surface area contributed by atoms with Crippen molar-refractivity contribution < 1.29 is 9.59 Å². The van der Waals surface area contributed by atoms with Gasteiger partial charge < -0.3 is 15.5 Å². The van der Waals surface area contributed by atoms with E-state index in [1.165, 1.54) is 0 Å². The van der Waals surface area contributed by atoms with Crippen molar-refractivity contribution in [3.63, 3.8) is 0 Å². The Kier molecular flexibility index (Phi) is 7.33. The Morgan fingerprint density at radius 2 is 1.94 bits per heavy atom. The van der Waals surface area contributed by atoms with Crippen LogP contribution in [0, 0.1) is 0 Å². The molecule has 0 saturated heterocycles. The fraction of sp³-hybridized carbons (Fsp3) is 0.818. The average molecular weight is 229 g/mol. The number of carbonyl (C=O) groups is 2. The van der Waals surface area contributed by atoms with Gasteiger partial charge in [0.05, 0.1) is 6.54 Å². The van der Waals surface area contributed by atoms with Gasteiger partial charge in [0.1, 0.15) is 0 Å². The number of likely N-dealkylation sites (N-methyl/N-ethyl adjacent to an activating group) is 1. The summed E-state index contributed by atoms with van der Waals surface area (Å²) < 4.78 is 0. The van der Waals surface area contributed by atoms with Crippen molar-refractivity contribution in [2.24, 2.45) is 0 Å². The Labute approximate surface area is 97.6 Å². The number of nitrogens with one attached hydrogen (secondary N) is 2. The number of hydrogen-bond donors (Lipinski definition) is 2. The molecule has 0 heterocycles. The van der Waals surface area contributed by atoms with E-state index in [4.69, 9.17) is 0 Å². The van der Waals surface area contributed by atoms with Gasteiger partial charge in [-0.15, -0.1) is 0 Å². The van der Waals surface area contributed by atoms with Crippen LogP contribution in [0.3, 0.4) is 0 Å². The van der Waals surface area contributed by atoms with Crippen LogP contribution in [0.1, 0.15) is 33.6 Å². The first kappa shape index (κ1) is 14.7. The van der Waals surface area contributed by atoms with Crippen LogP contribution in [0.25, 0.3) is 0 Å². The van der Waals surface area contributed by atoms with Crippen molar-refractivity contribution in [2.75, 3.05) is 20.1 Å². The predicted molar refractivity (Wildman–Crippen MR) is 64.2 cm³/mol. The van der Waals surface area contributed by atoms with Gasteiger partial charge >= 0.3 is 6.03 Å². The molecule has 0 aromatic rings. The quantitative estimate of drug-likeness (QED) is 0.712. The standard InChI is InChI=1S/C11H23N3O2/c1-5-6-7-14(4)10(15)8-12-11(16)13-9(2)3/h9H,5-8H2,1-4H3,(H2,12,13,16). The first-order valence-electron chi connectivity index (χ1n) is 5.75. The van der Waals surface area contributed by atoms with E-state index in [9.17, 15) is 9.59 Å². The molecule has 0 aliphatic rings. The van der Waals surface area contributed by atoms with Crippen LogP contribution in [0.5, 0.6) is 0 Å². The second-order valence-electron chi connectivity index (χ2n) is 4.15. The summed E-state index contributed by atoms with van der Waals surface area (Å²) in [7, 11) is 1.75. The van der Waals surface area contributed by atoms with Crippen LogP contribution in [0.4, 0.5) is 4.79 Å². The van der Waals surface area contributed by atoms with Gasteiger partial charge in [-0.1, -0.05) is 13.3 Å². The van der Waals surface area contributed by atoms with Crippen LogP contribution in [-0.4, -0.2) is 43.0 Å². The average Bonchev–Trinajstić information content (AvgIpc) is 2.21. The SMILES string of the molecule is CCCCN(C)C(=O)CNC(=O)NC(C)C. The highest BCUT2D eigenvalue weighted by Crippen LogP contribution is 1.91. The molecule has 5 nitrogen and oxygen atoms in total. The number of urea groups is 1. The molecular formula is C11H23N3O2. The van der Waals surface area contributed by atoms with Crippen molar-refractivity contribution in [1.29, 1.82) is 0 Å². The second kappa shape index (κ2) is 7.96. The van der Waals surface area contributed by atoms with Gasteiger partial charge in [0, 0.05) is 19.6 Å². The Balaban J connectivity index is 3.75. The lowest BCUT2D eigenvalue weighted by atomic mass is 10.3. The van der Waals surface area contributed by atoms with Crippen molar-refractivity contribution >= 4 is 11.9 Å². The van der Waals surface area contributed by atoms with Crippen LogP contribution < -0.4 is 10.6 Å². The van der Waals surface area contributed by atoms with E-state index < -0.39 is 0 Å². The molecule has 0 bridgehead atoms. The molecular weight excluding hydrogens is 206 g/mol. The maximum atomic E-state index is 11.5. The molecule has 0 spiro atoms. The van der Waals surface area contributed by atoms with Crippen LogP contribution in [-0.2, 0) is 4.79 Å². The zero-order valence-electron chi connectivity index (χ0n) is 10.7. The molecule has 0 fully saturated rings. The minimum absolute atomic E-state index is 0.0543. The minimum Gasteiger partial charge on any atom is -0.344 e. The van der Waals surface area contributed by atoms with Crippen molar-refractivity contribution in [1.82, 2.24) is 15.5 Å². The lowest BCUT2D eigenvalue weighted by molar-refractivity contribution is -0.128. The monoisotopic (exact) mass is 229 g/mol. The summed E-state index contributed by atoms with van der Waals surface area (Å²) in [6.07, 6.45) is 2.04. The fourth-order valence-corrected chi connectivity index (χ4v) is 1.12. The molecule has 0 unspecified atom stereocenters. The van der Waals surface area contributed by atoms with E-state index in [1.807, 2.05) is 13.8 Å². The molecule has 2 N–H and O–H groups in total. The number of carbonyl (C=O) groups excluding carboxylic acids is 2. The van der Waals surface area contributed by atoms with Gasteiger partial charge in [0.2, 0.25) is 5.91 Å². The normalized spacial score (nSPS) is 10.1. The Hall–Kier alpha value is -1.26. The summed E-state index contributed by atoms with van der Waals surface area (Å²) in [6, 6.07) is -0.222. The van der Waals surface area contributed by atoms with Gasteiger partial charge in [-0.2, -0.15) is 0 Å². The van der Waals surface area contributed by atoms with Crippen molar-refractivity contribution in [2.45, 2.75) is 39.7 Å². The second-order valence-corrected chi connectivity index (χ2v) is 4.15. The minimum atomic E-state index is -0.299. The third-order valence-electron chi connectivity index (χ3n) is 2.09. The third-order valence-corrected chi connectivity index (χ3v) is 2.09. The Bertz CT molecular complexity index is 229. The molecule has 0 radical (unpaired) electrons. The first-order chi connectivity index (χ1) is 7.47. The van der Waals surface area contributed by atoms with E-state index in [2.05, 4.69) is 17.6 Å². The molecule has 0 atom stereocenters. The first-order valence-corrected chi connectivity index (χ1v) is 5.75. The van der Waals surface area contributed by atoms with E-state index >= 15 is 0 Å². The molecule has 5 heteroatoms. The highest BCUT2D eigenvalue weighted by molar-refractivity contribution is 5.83. The summed E-state index contributed by atoms with van der Waals surface area (Å²) in [6.45, 7) is 6.61. The van der Waals surface area contributed by atoms with Gasteiger partial charge in [-0.05, 0) is 20.3 Å². The zero-order chi connectivity index (χ0) is 12.6. The number of rotatable bonds is 6. The largest absolute Gasteiger partial charge is 0.344 e. The molecule has 0 aliphatic carbocycles. The summed E-state index contributed by atoms with van der Waals surface area (Å²) in [4.78, 5) is 24.4. The lowest BCUT2D eigenvalue weighted by Crippen LogP contribution is -2.44. The number of amides is 3. The van der Waals surface area contributed by atoms with E-state index in [0.29, 0.717) is 0 Å². The molecule has 94 valence electrons. The number of nitrogens with zero attached hydrogens (tertiary/aromatic N) is 1. The molecule has 16 heavy (non-hydrogen) atoms.